The van der Waals surface area contributed by atoms with Gasteiger partial charge in [-0.2, -0.15) is 10.2 Å². The quantitative estimate of drug-likeness (QED) is 0.575. The predicted octanol–water partition coefficient (Wildman–Crippen LogP) is 3.53. The normalized spacial score (nSPS) is 17.8. The first kappa shape index (κ1) is 21.5. The highest BCUT2D eigenvalue weighted by Gasteiger charge is 2.32. The molecule has 0 spiro atoms. The average molecular weight is 467 g/mol. The lowest BCUT2D eigenvalue weighted by molar-refractivity contribution is -0.136. The average Bonchev–Trinajstić information content (AvgIpc) is 3.57. The van der Waals surface area contributed by atoms with Gasteiger partial charge in [0.15, 0.2) is 10.9 Å². The molecule has 0 atom stereocenters. The van der Waals surface area contributed by atoms with Crippen molar-refractivity contribution >= 4 is 28.3 Å². The summed E-state index contributed by atoms with van der Waals surface area (Å²) >= 11 is 1.67. The SMILES string of the molecule is Cc1csc(N2CCCN(C(=O)C3CCN(c4oc(-c5ccco5)nc4C#N)CC3)CC2)n1. The van der Waals surface area contributed by atoms with Crippen molar-refractivity contribution < 1.29 is 13.6 Å². The molecule has 0 unspecified atom stereocenters. The molecule has 33 heavy (non-hydrogen) atoms. The van der Waals surface area contributed by atoms with Crippen LogP contribution in [-0.4, -0.2) is 60.0 Å². The fraction of sp³-hybridized carbons (Fsp3) is 0.478. The maximum Gasteiger partial charge on any atom is 0.266 e. The molecule has 2 fully saturated rings. The molecule has 2 saturated heterocycles. The fourth-order valence-corrected chi connectivity index (χ4v) is 5.37. The molecule has 5 heterocycles. The zero-order valence-electron chi connectivity index (χ0n) is 18.6. The molecule has 3 aromatic rings. The molecule has 9 nitrogen and oxygen atoms in total. The van der Waals surface area contributed by atoms with E-state index in [2.05, 4.69) is 26.3 Å². The van der Waals surface area contributed by atoms with Gasteiger partial charge in [-0.25, -0.2) is 4.98 Å². The fourth-order valence-electron chi connectivity index (χ4n) is 4.51. The number of aryl methyl sites for hydroxylation is 1. The summed E-state index contributed by atoms with van der Waals surface area (Å²) in [5.41, 5.74) is 1.29. The van der Waals surface area contributed by atoms with Crippen molar-refractivity contribution in [3.8, 4) is 17.7 Å². The monoisotopic (exact) mass is 466 g/mol. The van der Waals surface area contributed by atoms with E-state index >= 15 is 0 Å². The molecule has 2 aliphatic rings. The van der Waals surface area contributed by atoms with E-state index in [0.717, 1.165) is 56.3 Å². The van der Waals surface area contributed by atoms with Gasteiger partial charge in [0, 0.05) is 50.6 Å². The molecular weight excluding hydrogens is 440 g/mol. The molecule has 10 heteroatoms. The molecule has 0 bridgehead atoms. The maximum atomic E-state index is 13.3. The molecule has 0 aliphatic carbocycles. The zero-order chi connectivity index (χ0) is 22.8. The molecule has 3 aromatic heterocycles. The largest absolute Gasteiger partial charge is 0.459 e. The predicted molar refractivity (Wildman–Crippen MR) is 124 cm³/mol. The minimum absolute atomic E-state index is 0.00657. The smallest absolute Gasteiger partial charge is 0.266 e. The van der Waals surface area contributed by atoms with Crippen molar-refractivity contribution in [1.29, 1.82) is 5.26 Å². The van der Waals surface area contributed by atoms with Gasteiger partial charge in [0.2, 0.25) is 17.5 Å². The van der Waals surface area contributed by atoms with Crippen LogP contribution >= 0.6 is 11.3 Å². The second kappa shape index (κ2) is 9.27. The number of oxazole rings is 1. The number of nitrogens with zero attached hydrogens (tertiary/aromatic N) is 6. The first-order chi connectivity index (χ1) is 16.1. The minimum Gasteiger partial charge on any atom is -0.459 e. The lowest BCUT2D eigenvalue weighted by Gasteiger charge is -2.33. The summed E-state index contributed by atoms with van der Waals surface area (Å²) in [6.45, 7) is 6.56. The lowest BCUT2D eigenvalue weighted by atomic mass is 9.95. The van der Waals surface area contributed by atoms with Gasteiger partial charge in [0.05, 0.1) is 12.0 Å². The van der Waals surface area contributed by atoms with Gasteiger partial charge in [-0.1, -0.05) is 0 Å². The Balaban J connectivity index is 1.19. The number of piperidine rings is 1. The Morgan fingerprint density at radius 3 is 2.70 bits per heavy atom. The summed E-state index contributed by atoms with van der Waals surface area (Å²) < 4.78 is 11.2. The molecule has 2 aliphatic heterocycles. The third-order valence-corrected chi connectivity index (χ3v) is 7.28. The van der Waals surface area contributed by atoms with Crippen LogP contribution in [0.15, 0.2) is 32.6 Å². The topological polar surface area (TPSA) is 103 Å². The van der Waals surface area contributed by atoms with Crippen LogP contribution in [0.4, 0.5) is 11.0 Å². The molecule has 0 saturated carbocycles. The second-order valence-electron chi connectivity index (χ2n) is 8.46. The van der Waals surface area contributed by atoms with E-state index in [1.165, 1.54) is 0 Å². The van der Waals surface area contributed by atoms with Gasteiger partial charge in [-0.3, -0.25) is 4.79 Å². The van der Waals surface area contributed by atoms with Crippen LogP contribution in [0.2, 0.25) is 0 Å². The van der Waals surface area contributed by atoms with E-state index in [0.29, 0.717) is 30.6 Å². The van der Waals surface area contributed by atoms with E-state index in [4.69, 9.17) is 8.83 Å². The Morgan fingerprint density at radius 2 is 2.00 bits per heavy atom. The number of rotatable bonds is 4. The van der Waals surface area contributed by atoms with E-state index in [9.17, 15) is 10.1 Å². The summed E-state index contributed by atoms with van der Waals surface area (Å²) in [5, 5.41) is 12.6. The molecule has 5 rings (SSSR count). The highest BCUT2D eigenvalue weighted by atomic mass is 32.1. The Kier molecular flexibility index (Phi) is 6.05. The van der Waals surface area contributed by atoms with Crippen molar-refractivity contribution in [2.75, 3.05) is 49.1 Å². The summed E-state index contributed by atoms with van der Waals surface area (Å²) in [7, 11) is 0. The Bertz CT molecular complexity index is 1140. The molecule has 1 amide bonds. The van der Waals surface area contributed by atoms with Gasteiger partial charge in [0.1, 0.15) is 6.07 Å². The van der Waals surface area contributed by atoms with Gasteiger partial charge < -0.3 is 23.5 Å². The number of nitriles is 1. The van der Waals surface area contributed by atoms with Gasteiger partial charge in [-0.05, 0) is 38.3 Å². The van der Waals surface area contributed by atoms with Gasteiger partial charge >= 0.3 is 0 Å². The third kappa shape index (κ3) is 4.46. The summed E-state index contributed by atoms with van der Waals surface area (Å²) in [5.74, 6) is 1.48. The van der Waals surface area contributed by atoms with Crippen LogP contribution in [0.3, 0.4) is 0 Å². The Labute approximate surface area is 196 Å². The number of amides is 1. The first-order valence-electron chi connectivity index (χ1n) is 11.3. The summed E-state index contributed by atoms with van der Waals surface area (Å²) in [6.07, 6.45) is 3.95. The summed E-state index contributed by atoms with van der Waals surface area (Å²) in [6, 6.07) is 5.62. The van der Waals surface area contributed by atoms with Crippen LogP contribution in [0.5, 0.6) is 0 Å². The number of furan rings is 1. The molecule has 0 N–H and O–H groups in total. The number of carbonyl (C=O) groups is 1. The van der Waals surface area contributed by atoms with Crippen molar-refractivity contribution in [3.63, 3.8) is 0 Å². The Hall–Kier alpha value is -3.32. The number of carbonyl (C=O) groups excluding carboxylic acids is 1. The second-order valence-corrected chi connectivity index (χ2v) is 9.30. The zero-order valence-corrected chi connectivity index (χ0v) is 19.4. The number of hydrogen-bond donors (Lipinski definition) is 0. The molecule has 0 radical (unpaired) electrons. The summed E-state index contributed by atoms with van der Waals surface area (Å²) in [4.78, 5) is 28.4. The van der Waals surface area contributed by atoms with Crippen molar-refractivity contribution in [2.24, 2.45) is 5.92 Å². The van der Waals surface area contributed by atoms with Gasteiger partial charge in [-0.15, -0.1) is 11.3 Å². The van der Waals surface area contributed by atoms with Crippen LogP contribution in [0, 0.1) is 24.2 Å². The van der Waals surface area contributed by atoms with Crippen LogP contribution in [0.25, 0.3) is 11.7 Å². The van der Waals surface area contributed by atoms with Crippen molar-refractivity contribution in [3.05, 3.63) is 35.2 Å². The molecular formula is C23H26N6O3S. The highest BCUT2D eigenvalue weighted by Crippen LogP contribution is 2.32. The lowest BCUT2D eigenvalue weighted by Crippen LogP contribution is -2.44. The highest BCUT2D eigenvalue weighted by molar-refractivity contribution is 7.13. The van der Waals surface area contributed by atoms with E-state index in [-0.39, 0.29) is 17.5 Å². The van der Waals surface area contributed by atoms with E-state index in [1.54, 1.807) is 29.7 Å². The first-order valence-corrected chi connectivity index (χ1v) is 12.2. The Morgan fingerprint density at radius 1 is 1.15 bits per heavy atom. The van der Waals surface area contributed by atoms with Crippen LogP contribution in [0.1, 0.15) is 30.7 Å². The van der Waals surface area contributed by atoms with Crippen LogP contribution in [-0.2, 0) is 4.79 Å². The number of hydrogen-bond acceptors (Lipinski definition) is 9. The van der Waals surface area contributed by atoms with Crippen molar-refractivity contribution in [1.82, 2.24) is 14.9 Å². The van der Waals surface area contributed by atoms with E-state index in [1.807, 2.05) is 16.7 Å². The number of thiazole rings is 1. The maximum absolute atomic E-state index is 13.3. The number of anilines is 2. The standard InChI is InChI=1S/C23H26N6O3S/c1-16-15-33-23(25-16)29-8-3-7-27(11-12-29)21(30)17-5-9-28(10-6-17)22-18(14-24)26-20(32-22)19-4-2-13-31-19/h2,4,13,15,17H,3,5-12H2,1H3. The number of aromatic nitrogens is 2. The van der Waals surface area contributed by atoms with Crippen LogP contribution < -0.4 is 9.80 Å². The minimum atomic E-state index is -0.00657. The molecule has 172 valence electrons. The van der Waals surface area contributed by atoms with Gasteiger partial charge in [0.25, 0.3) is 5.89 Å². The van der Waals surface area contributed by atoms with E-state index < -0.39 is 0 Å². The van der Waals surface area contributed by atoms with Crippen molar-refractivity contribution in [2.45, 2.75) is 26.2 Å². The third-order valence-electron chi connectivity index (χ3n) is 6.26. The molecule has 0 aromatic carbocycles.